The van der Waals surface area contributed by atoms with Crippen molar-refractivity contribution in [2.75, 3.05) is 6.61 Å². The van der Waals surface area contributed by atoms with Crippen molar-refractivity contribution in [3.63, 3.8) is 0 Å². The van der Waals surface area contributed by atoms with Crippen molar-refractivity contribution >= 4 is 11.7 Å². The molecule has 1 aromatic carbocycles. The SMILES string of the molecule is O=C(NCc1ccnc2ccnn12)N[C@H](CO)c1ccccc1. The Morgan fingerprint density at radius 3 is 2.78 bits per heavy atom. The zero-order valence-corrected chi connectivity index (χ0v) is 12.4. The van der Waals surface area contributed by atoms with Crippen LogP contribution in [0.4, 0.5) is 4.79 Å². The quantitative estimate of drug-likeness (QED) is 0.661. The Hall–Kier alpha value is -2.93. The van der Waals surface area contributed by atoms with Gasteiger partial charge in [-0.15, -0.1) is 0 Å². The Labute approximate surface area is 133 Å². The van der Waals surface area contributed by atoms with Crippen molar-refractivity contribution in [2.24, 2.45) is 0 Å². The maximum Gasteiger partial charge on any atom is 0.315 e. The van der Waals surface area contributed by atoms with Crippen molar-refractivity contribution in [2.45, 2.75) is 12.6 Å². The second-order valence-electron chi connectivity index (χ2n) is 5.01. The first-order valence-corrected chi connectivity index (χ1v) is 7.25. The van der Waals surface area contributed by atoms with Gasteiger partial charge in [0.15, 0.2) is 5.65 Å². The number of amides is 2. The van der Waals surface area contributed by atoms with Gasteiger partial charge in [-0.3, -0.25) is 0 Å². The Morgan fingerprint density at radius 2 is 2.00 bits per heavy atom. The number of rotatable bonds is 5. The molecule has 0 fully saturated rings. The van der Waals surface area contributed by atoms with E-state index in [1.54, 1.807) is 29.0 Å². The molecule has 7 heteroatoms. The van der Waals surface area contributed by atoms with Gasteiger partial charge in [0.2, 0.25) is 0 Å². The molecule has 0 radical (unpaired) electrons. The highest BCUT2D eigenvalue weighted by molar-refractivity contribution is 5.74. The summed E-state index contributed by atoms with van der Waals surface area (Å²) in [6, 6.07) is 12.1. The summed E-state index contributed by atoms with van der Waals surface area (Å²) in [4.78, 5) is 16.2. The summed E-state index contributed by atoms with van der Waals surface area (Å²) in [7, 11) is 0. The largest absolute Gasteiger partial charge is 0.394 e. The van der Waals surface area contributed by atoms with Crippen LogP contribution in [0.15, 0.2) is 54.9 Å². The van der Waals surface area contributed by atoms with Gasteiger partial charge in [0, 0.05) is 12.3 Å². The van der Waals surface area contributed by atoms with E-state index in [2.05, 4.69) is 20.7 Å². The summed E-state index contributed by atoms with van der Waals surface area (Å²) >= 11 is 0. The number of hydrogen-bond acceptors (Lipinski definition) is 4. The van der Waals surface area contributed by atoms with Gasteiger partial charge in [-0.2, -0.15) is 5.10 Å². The van der Waals surface area contributed by atoms with E-state index in [0.717, 1.165) is 16.9 Å². The Balaban J connectivity index is 1.62. The van der Waals surface area contributed by atoms with E-state index in [-0.39, 0.29) is 12.6 Å². The van der Waals surface area contributed by atoms with E-state index in [0.29, 0.717) is 6.54 Å². The van der Waals surface area contributed by atoms with Gasteiger partial charge < -0.3 is 15.7 Å². The maximum absolute atomic E-state index is 12.1. The maximum atomic E-state index is 12.1. The monoisotopic (exact) mass is 311 g/mol. The predicted molar refractivity (Wildman–Crippen MR) is 84.6 cm³/mol. The van der Waals surface area contributed by atoms with E-state index in [4.69, 9.17) is 0 Å². The van der Waals surface area contributed by atoms with Crippen LogP contribution in [-0.4, -0.2) is 32.3 Å². The average molecular weight is 311 g/mol. The molecule has 0 spiro atoms. The van der Waals surface area contributed by atoms with Crippen LogP contribution < -0.4 is 10.6 Å². The number of carbonyl (C=O) groups excluding carboxylic acids is 1. The molecule has 118 valence electrons. The summed E-state index contributed by atoms with van der Waals surface area (Å²) in [5, 5.41) is 19.1. The molecule has 0 saturated heterocycles. The molecule has 2 aromatic heterocycles. The van der Waals surface area contributed by atoms with Crippen molar-refractivity contribution in [3.8, 4) is 0 Å². The number of fused-ring (bicyclic) bond motifs is 1. The van der Waals surface area contributed by atoms with E-state index in [1.165, 1.54) is 0 Å². The number of hydrogen-bond donors (Lipinski definition) is 3. The fourth-order valence-electron chi connectivity index (χ4n) is 2.32. The summed E-state index contributed by atoms with van der Waals surface area (Å²) < 4.78 is 1.67. The number of nitrogens with one attached hydrogen (secondary N) is 2. The number of benzene rings is 1. The molecule has 3 aromatic rings. The smallest absolute Gasteiger partial charge is 0.315 e. The van der Waals surface area contributed by atoms with Crippen molar-refractivity contribution < 1.29 is 9.90 Å². The third kappa shape index (κ3) is 3.46. The highest BCUT2D eigenvalue weighted by Gasteiger charge is 2.13. The standard InChI is InChI=1S/C16H17N5O2/c22-11-14(12-4-2-1-3-5-12)20-16(23)18-10-13-6-8-17-15-7-9-19-21(13)15/h1-9,14,22H,10-11H2,(H2,18,20,23)/t14-/m1/s1. The highest BCUT2D eigenvalue weighted by atomic mass is 16.3. The minimum Gasteiger partial charge on any atom is -0.394 e. The molecule has 0 aliphatic heterocycles. The molecule has 1 atom stereocenters. The molecule has 7 nitrogen and oxygen atoms in total. The molecule has 0 bridgehead atoms. The lowest BCUT2D eigenvalue weighted by molar-refractivity contribution is 0.216. The van der Waals surface area contributed by atoms with Crippen LogP contribution in [0.5, 0.6) is 0 Å². The minimum atomic E-state index is -0.446. The molecule has 0 saturated carbocycles. The van der Waals surface area contributed by atoms with Gasteiger partial charge in [0.1, 0.15) is 0 Å². The fourth-order valence-corrected chi connectivity index (χ4v) is 2.32. The van der Waals surface area contributed by atoms with Crippen molar-refractivity contribution in [1.29, 1.82) is 0 Å². The lowest BCUT2D eigenvalue weighted by atomic mass is 10.1. The third-order valence-corrected chi connectivity index (χ3v) is 3.49. The van der Waals surface area contributed by atoms with Crippen LogP contribution in [-0.2, 0) is 6.54 Å². The molecule has 3 rings (SSSR count). The van der Waals surface area contributed by atoms with E-state index >= 15 is 0 Å². The van der Waals surface area contributed by atoms with Crippen LogP contribution in [0.2, 0.25) is 0 Å². The van der Waals surface area contributed by atoms with Crippen LogP contribution in [0, 0.1) is 0 Å². The Morgan fingerprint density at radius 1 is 1.17 bits per heavy atom. The molecule has 2 amide bonds. The molecule has 0 aliphatic carbocycles. The van der Waals surface area contributed by atoms with Crippen molar-refractivity contribution in [1.82, 2.24) is 25.2 Å². The number of urea groups is 1. The normalized spacial score (nSPS) is 12.0. The molecule has 0 unspecified atom stereocenters. The van der Waals surface area contributed by atoms with Gasteiger partial charge >= 0.3 is 6.03 Å². The zero-order chi connectivity index (χ0) is 16.1. The van der Waals surface area contributed by atoms with Gasteiger partial charge in [-0.05, 0) is 11.6 Å². The van der Waals surface area contributed by atoms with Crippen molar-refractivity contribution in [3.05, 3.63) is 66.1 Å². The molecular weight excluding hydrogens is 294 g/mol. The highest BCUT2D eigenvalue weighted by Crippen LogP contribution is 2.11. The lowest BCUT2D eigenvalue weighted by Gasteiger charge is -2.17. The van der Waals surface area contributed by atoms with Crippen LogP contribution in [0.3, 0.4) is 0 Å². The number of nitrogens with zero attached hydrogens (tertiary/aromatic N) is 3. The van der Waals surface area contributed by atoms with Gasteiger partial charge in [-0.1, -0.05) is 30.3 Å². The predicted octanol–water partition coefficient (Wildman–Crippen LogP) is 1.26. The van der Waals surface area contributed by atoms with Crippen LogP contribution >= 0.6 is 0 Å². The van der Waals surface area contributed by atoms with Gasteiger partial charge in [0.05, 0.1) is 31.1 Å². The van der Waals surface area contributed by atoms with E-state index < -0.39 is 6.04 Å². The first-order valence-electron chi connectivity index (χ1n) is 7.25. The summed E-state index contributed by atoms with van der Waals surface area (Å²) in [5.41, 5.74) is 2.39. The number of aliphatic hydroxyl groups is 1. The third-order valence-electron chi connectivity index (χ3n) is 3.49. The summed E-state index contributed by atoms with van der Waals surface area (Å²) in [6.45, 7) is 0.134. The summed E-state index contributed by atoms with van der Waals surface area (Å²) in [6.07, 6.45) is 3.33. The molecule has 2 heterocycles. The molecule has 23 heavy (non-hydrogen) atoms. The summed E-state index contributed by atoms with van der Waals surface area (Å²) in [5.74, 6) is 0. The Kier molecular flexibility index (Phi) is 4.49. The molecule has 0 aliphatic rings. The first kappa shape index (κ1) is 15.0. The van der Waals surface area contributed by atoms with Gasteiger partial charge in [-0.25, -0.2) is 14.3 Å². The fraction of sp³-hybridized carbons (Fsp3) is 0.188. The number of carbonyl (C=O) groups is 1. The first-order chi connectivity index (χ1) is 11.3. The second-order valence-corrected chi connectivity index (χ2v) is 5.01. The number of aliphatic hydroxyl groups excluding tert-OH is 1. The zero-order valence-electron chi connectivity index (χ0n) is 12.4. The molecular formula is C16H17N5O2. The van der Waals surface area contributed by atoms with E-state index in [9.17, 15) is 9.90 Å². The second kappa shape index (κ2) is 6.89. The number of aromatic nitrogens is 3. The van der Waals surface area contributed by atoms with Crippen LogP contribution in [0.25, 0.3) is 5.65 Å². The topological polar surface area (TPSA) is 91.6 Å². The molecule has 3 N–H and O–H groups in total. The lowest BCUT2D eigenvalue weighted by Crippen LogP contribution is -2.39. The van der Waals surface area contributed by atoms with Crippen LogP contribution in [0.1, 0.15) is 17.3 Å². The minimum absolute atomic E-state index is 0.171. The van der Waals surface area contributed by atoms with Gasteiger partial charge in [0.25, 0.3) is 0 Å². The Bertz CT molecular complexity index is 787. The average Bonchev–Trinajstić information content (AvgIpc) is 3.08. The van der Waals surface area contributed by atoms with E-state index in [1.807, 2.05) is 30.3 Å².